The second kappa shape index (κ2) is 19.8. The predicted molar refractivity (Wildman–Crippen MR) is 107 cm³/mol. The van der Waals surface area contributed by atoms with Crippen LogP contribution in [-0.2, 0) is 9.53 Å². The van der Waals surface area contributed by atoms with Crippen molar-refractivity contribution < 1.29 is 14.6 Å². The third kappa shape index (κ3) is 18.0. The Morgan fingerprint density at radius 2 is 1.16 bits per heavy atom. The topological polar surface area (TPSA) is 46.5 Å². The Morgan fingerprint density at radius 3 is 1.64 bits per heavy atom. The molecule has 0 heterocycles. The van der Waals surface area contributed by atoms with Gasteiger partial charge in [0.2, 0.25) is 0 Å². The molecule has 1 atom stereocenters. The van der Waals surface area contributed by atoms with E-state index in [9.17, 15) is 9.90 Å². The van der Waals surface area contributed by atoms with Crippen molar-refractivity contribution in [3.63, 3.8) is 0 Å². The Morgan fingerprint density at radius 1 is 0.720 bits per heavy atom. The Hall–Kier alpha value is -0.570. The molecular weight excluding hydrogens is 312 g/mol. The van der Waals surface area contributed by atoms with E-state index in [1.807, 2.05) is 0 Å². The molecule has 150 valence electrons. The molecule has 1 N–H and O–H groups in total. The van der Waals surface area contributed by atoms with Crippen LogP contribution in [0.1, 0.15) is 123 Å². The van der Waals surface area contributed by atoms with E-state index in [0.29, 0.717) is 6.42 Å². The first-order valence-electron chi connectivity index (χ1n) is 11.0. The van der Waals surface area contributed by atoms with Gasteiger partial charge < -0.3 is 9.84 Å². The highest BCUT2D eigenvalue weighted by Crippen LogP contribution is 2.14. The summed E-state index contributed by atoms with van der Waals surface area (Å²) in [7, 11) is 0. The highest BCUT2D eigenvalue weighted by molar-refractivity contribution is 5.69. The smallest absolute Gasteiger partial charge is 0.306 e. The van der Waals surface area contributed by atoms with Crippen LogP contribution in [0.5, 0.6) is 0 Å². The number of carbonyl (C=O) groups excluding carboxylic acids is 1. The molecule has 3 nitrogen and oxygen atoms in total. The van der Waals surface area contributed by atoms with Gasteiger partial charge in [-0.15, -0.1) is 0 Å². The van der Waals surface area contributed by atoms with Crippen molar-refractivity contribution in [3.8, 4) is 0 Å². The molecule has 0 aromatic carbocycles. The predicted octanol–water partition coefficient (Wildman–Crippen LogP) is 6.56. The Bertz CT molecular complexity index is 278. The third-order valence-corrected chi connectivity index (χ3v) is 4.87. The summed E-state index contributed by atoms with van der Waals surface area (Å²) < 4.78 is 5.40. The number of ether oxygens (including phenoxy) is 1. The fourth-order valence-corrected chi connectivity index (χ4v) is 3.16. The number of hydrogen-bond acceptors (Lipinski definition) is 3. The van der Waals surface area contributed by atoms with Gasteiger partial charge in [0, 0.05) is 6.42 Å². The number of unbranched alkanes of at least 4 members (excludes halogenated alkanes) is 13. The lowest BCUT2D eigenvalue weighted by atomic mass is 10.0. The van der Waals surface area contributed by atoms with Crippen LogP contribution < -0.4 is 0 Å². The van der Waals surface area contributed by atoms with E-state index in [-0.39, 0.29) is 18.7 Å². The molecule has 0 fully saturated rings. The van der Waals surface area contributed by atoms with Gasteiger partial charge in [0.15, 0.2) is 0 Å². The molecule has 0 aromatic heterocycles. The van der Waals surface area contributed by atoms with Crippen LogP contribution in [0, 0.1) is 0 Å². The number of hydrogen-bond donors (Lipinski definition) is 1. The Labute approximate surface area is 156 Å². The maximum absolute atomic E-state index is 11.8. The average Bonchev–Trinajstić information content (AvgIpc) is 2.62. The largest absolute Gasteiger partial charge is 0.460 e. The summed E-state index contributed by atoms with van der Waals surface area (Å²) in [6, 6.07) is 0. The lowest BCUT2D eigenvalue weighted by molar-refractivity contribution is -0.151. The average molecular weight is 357 g/mol. The van der Waals surface area contributed by atoms with Crippen LogP contribution in [0.4, 0.5) is 0 Å². The lowest BCUT2D eigenvalue weighted by Crippen LogP contribution is -2.21. The molecule has 0 bridgehead atoms. The van der Waals surface area contributed by atoms with E-state index < -0.39 is 0 Å². The summed E-state index contributed by atoms with van der Waals surface area (Å²) in [6.45, 7) is 4.40. The van der Waals surface area contributed by atoms with Crippen LogP contribution in [-0.4, -0.2) is 23.8 Å². The quantitative estimate of drug-likeness (QED) is 0.210. The van der Waals surface area contributed by atoms with Gasteiger partial charge in [0.1, 0.15) is 6.10 Å². The van der Waals surface area contributed by atoms with E-state index in [1.54, 1.807) is 0 Å². The normalized spacial score (nSPS) is 12.3. The zero-order valence-corrected chi connectivity index (χ0v) is 17.1. The van der Waals surface area contributed by atoms with Crippen LogP contribution >= 0.6 is 0 Å². The molecule has 0 spiro atoms. The summed E-state index contributed by atoms with van der Waals surface area (Å²) in [5.41, 5.74) is 0. The van der Waals surface area contributed by atoms with Crippen molar-refractivity contribution in [3.05, 3.63) is 0 Å². The van der Waals surface area contributed by atoms with Crippen LogP contribution in [0.15, 0.2) is 0 Å². The van der Waals surface area contributed by atoms with Gasteiger partial charge in [0.05, 0.1) is 6.61 Å². The van der Waals surface area contributed by atoms with E-state index in [4.69, 9.17) is 4.74 Å². The second-order valence-electron chi connectivity index (χ2n) is 7.43. The summed E-state index contributed by atoms with van der Waals surface area (Å²) in [6.07, 6.45) is 19.7. The van der Waals surface area contributed by atoms with E-state index in [1.165, 1.54) is 77.0 Å². The second-order valence-corrected chi connectivity index (χ2v) is 7.43. The minimum absolute atomic E-state index is 0.0427. The van der Waals surface area contributed by atoms with Crippen molar-refractivity contribution in [2.24, 2.45) is 0 Å². The number of rotatable bonds is 19. The van der Waals surface area contributed by atoms with Crippen LogP contribution in [0.25, 0.3) is 0 Å². The molecule has 1 unspecified atom stereocenters. The maximum atomic E-state index is 11.8. The van der Waals surface area contributed by atoms with E-state index in [0.717, 1.165) is 25.7 Å². The molecular formula is C22H44O3. The number of esters is 1. The Balaban J connectivity index is 3.47. The first-order chi connectivity index (χ1) is 12.2. The first kappa shape index (κ1) is 24.4. The highest BCUT2D eigenvalue weighted by Gasteiger charge is 2.12. The molecule has 0 saturated heterocycles. The van der Waals surface area contributed by atoms with Crippen LogP contribution in [0.2, 0.25) is 0 Å². The zero-order chi connectivity index (χ0) is 18.6. The molecule has 0 aliphatic carbocycles. The van der Waals surface area contributed by atoms with Crippen molar-refractivity contribution >= 4 is 5.97 Å². The van der Waals surface area contributed by atoms with Gasteiger partial charge in [-0.1, -0.05) is 97.3 Å². The van der Waals surface area contributed by atoms with E-state index in [2.05, 4.69) is 13.8 Å². The molecule has 0 amide bonds. The number of aliphatic hydroxyl groups is 1. The summed E-state index contributed by atoms with van der Waals surface area (Å²) >= 11 is 0. The van der Waals surface area contributed by atoms with Gasteiger partial charge in [0.25, 0.3) is 0 Å². The molecule has 0 saturated carbocycles. The van der Waals surface area contributed by atoms with Gasteiger partial charge in [-0.05, 0) is 19.3 Å². The molecule has 0 radical (unpaired) electrons. The molecule has 25 heavy (non-hydrogen) atoms. The zero-order valence-electron chi connectivity index (χ0n) is 17.1. The monoisotopic (exact) mass is 356 g/mol. The molecule has 0 aliphatic rings. The van der Waals surface area contributed by atoms with Gasteiger partial charge in [-0.25, -0.2) is 0 Å². The minimum atomic E-state index is -0.294. The highest BCUT2D eigenvalue weighted by atomic mass is 16.5. The van der Waals surface area contributed by atoms with Gasteiger partial charge >= 0.3 is 5.97 Å². The third-order valence-electron chi connectivity index (χ3n) is 4.87. The molecule has 0 aromatic rings. The van der Waals surface area contributed by atoms with Crippen molar-refractivity contribution in [2.75, 3.05) is 6.61 Å². The molecule has 0 rings (SSSR count). The minimum Gasteiger partial charge on any atom is -0.460 e. The van der Waals surface area contributed by atoms with Crippen molar-refractivity contribution in [2.45, 2.75) is 129 Å². The lowest BCUT2D eigenvalue weighted by Gasteiger charge is -2.15. The summed E-state index contributed by atoms with van der Waals surface area (Å²) in [5.74, 6) is -0.136. The van der Waals surface area contributed by atoms with Gasteiger partial charge in [-0.2, -0.15) is 0 Å². The van der Waals surface area contributed by atoms with Crippen molar-refractivity contribution in [1.29, 1.82) is 0 Å². The SMILES string of the molecule is CCCCCCCCCCCCC(CO)OC(=O)CCCCCCC. The number of aliphatic hydroxyl groups excluding tert-OH is 1. The van der Waals surface area contributed by atoms with Crippen molar-refractivity contribution in [1.82, 2.24) is 0 Å². The maximum Gasteiger partial charge on any atom is 0.306 e. The summed E-state index contributed by atoms with van der Waals surface area (Å²) in [4.78, 5) is 11.8. The van der Waals surface area contributed by atoms with Gasteiger partial charge in [-0.3, -0.25) is 4.79 Å². The fourth-order valence-electron chi connectivity index (χ4n) is 3.16. The molecule has 3 heteroatoms. The van der Waals surface area contributed by atoms with E-state index >= 15 is 0 Å². The van der Waals surface area contributed by atoms with Crippen LogP contribution in [0.3, 0.4) is 0 Å². The standard InChI is InChI=1S/C22H44O3/c1-3-5-7-9-10-11-12-13-15-16-18-21(20-23)25-22(24)19-17-14-8-6-4-2/h21,23H,3-20H2,1-2H3. The Kier molecular flexibility index (Phi) is 19.3. The first-order valence-corrected chi connectivity index (χ1v) is 11.0. The fraction of sp³-hybridized carbons (Fsp3) is 0.955. The summed E-state index contributed by atoms with van der Waals surface area (Å²) in [5, 5.41) is 9.38. The number of carbonyl (C=O) groups is 1. The molecule has 0 aliphatic heterocycles.